The lowest BCUT2D eigenvalue weighted by atomic mass is 9.81. The molecule has 3 saturated heterocycles. The Morgan fingerprint density at radius 1 is 1.04 bits per heavy atom. The molecule has 0 radical (unpaired) electrons. The molecule has 1 aromatic heterocycles. The van der Waals surface area contributed by atoms with Crippen LogP contribution in [-0.4, -0.2) is 91.8 Å². The average molecular weight is 660 g/mol. The number of piperazine rings is 1. The Balaban J connectivity index is 1.30. The molecule has 11 heteroatoms. The molecule has 2 aromatic carbocycles. The molecule has 2 aliphatic carbocycles. The lowest BCUT2D eigenvalue weighted by Crippen LogP contribution is -2.71. The van der Waals surface area contributed by atoms with Gasteiger partial charge in [-0.25, -0.2) is 4.72 Å². The van der Waals surface area contributed by atoms with Gasteiger partial charge >= 0.3 is 10.2 Å². The number of aromatic nitrogens is 1. The molecule has 2 amide bonds. The number of nitrogens with zero attached hydrogens (tertiary/aromatic N) is 4. The third-order valence-electron chi connectivity index (χ3n) is 11.9. The second kappa shape index (κ2) is 11.1. The molecule has 2 saturated carbocycles. The molecule has 2 bridgehead atoms. The van der Waals surface area contributed by atoms with Crippen molar-refractivity contribution in [2.45, 2.75) is 82.3 Å². The Morgan fingerprint density at radius 3 is 2.47 bits per heavy atom. The number of carbonyl (C=O) groups excluding carboxylic acids is 2. The van der Waals surface area contributed by atoms with E-state index in [1.807, 2.05) is 18.2 Å². The zero-order chi connectivity index (χ0) is 32.8. The van der Waals surface area contributed by atoms with Gasteiger partial charge in [0.25, 0.3) is 5.91 Å². The number of carbonyl (C=O) groups is 2. The van der Waals surface area contributed by atoms with Gasteiger partial charge in [-0.1, -0.05) is 32.3 Å². The summed E-state index contributed by atoms with van der Waals surface area (Å²) in [6, 6.07) is 12.4. The number of amides is 2. The molecule has 250 valence electrons. The lowest BCUT2D eigenvalue weighted by Gasteiger charge is -2.57. The van der Waals surface area contributed by atoms with Crippen molar-refractivity contribution in [2.24, 2.45) is 5.41 Å². The summed E-state index contributed by atoms with van der Waals surface area (Å²) in [5, 5.41) is 1.08. The van der Waals surface area contributed by atoms with E-state index in [4.69, 9.17) is 4.74 Å². The van der Waals surface area contributed by atoms with Crippen LogP contribution < -0.4 is 9.46 Å². The van der Waals surface area contributed by atoms with Gasteiger partial charge in [0.2, 0.25) is 5.91 Å². The number of nitrogens with one attached hydrogen (secondary N) is 1. The highest BCUT2D eigenvalue weighted by molar-refractivity contribution is 7.87. The fourth-order valence-corrected chi connectivity index (χ4v) is 9.77. The van der Waals surface area contributed by atoms with Crippen LogP contribution in [0.25, 0.3) is 22.2 Å². The molecule has 5 heterocycles. The van der Waals surface area contributed by atoms with E-state index < -0.39 is 21.5 Å². The van der Waals surface area contributed by atoms with E-state index in [0.29, 0.717) is 12.5 Å². The van der Waals surface area contributed by atoms with Gasteiger partial charge in [0.1, 0.15) is 5.75 Å². The van der Waals surface area contributed by atoms with Crippen molar-refractivity contribution in [3.05, 3.63) is 53.1 Å². The van der Waals surface area contributed by atoms with Gasteiger partial charge in [-0.2, -0.15) is 12.7 Å². The zero-order valence-electron chi connectivity index (χ0n) is 27.8. The number of benzene rings is 2. The molecule has 4 unspecified atom stereocenters. The molecule has 4 aliphatic heterocycles. The highest BCUT2D eigenvalue weighted by Crippen LogP contribution is 2.67. The summed E-state index contributed by atoms with van der Waals surface area (Å²) in [5.41, 5.74) is 5.33. The molecular formula is C36H45N5O5S. The minimum atomic E-state index is -3.96. The van der Waals surface area contributed by atoms with Crippen molar-refractivity contribution >= 4 is 32.9 Å². The van der Waals surface area contributed by atoms with Crippen LogP contribution in [0.4, 0.5) is 0 Å². The molecule has 5 fully saturated rings. The first-order valence-electron chi connectivity index (χ1n) is 17.2. The molecule has 47 heavy (non-hydrogen) atoms. The first kappa shape index (κ1) is 30.9. The van der Waals surface area contributed by atoms with Gasteiger partial charge in [-0.3, -0.25) is 14.5 Å². The van der Waals surface area contributed by atoms with E-state index in [0.717, 1.165) is 77.5 Å². The summed E-state index contributed by atoms with van der Waals surface area (Å²) >= 11 is 0. The van der Waals surface area contributed by atoms with Crippen molar-refractivity contribution < 1.29 is 22.7 Å². The summed E-state index contributed by atoms with van der Waals surface area (Å²) < 4.78 is 36.4. The van der Waals surface area contributed by atoms with Crippen molar-refractivity contribution in [2.75, 3.05) is 40.8 Å². The molecule has 10 nitrogen and oxygen atoms in total. The maximum Gasteiger partial charge on any atom is 0.303 e. The molecule has 1 N–H and O–H groups in total. The Kier molecular flexibility index (Phi) is 7.27. The standard InChI is InChI=1S/C36H45N5O5S/c1-5-39-19-24-16-25(20-39)41(24)35(43)36-18-30(36)29-17-26(46-4)12-14-27(29)33-32(22-9-7-6-8-10-22)28-13-11-23(15-31(28)40(33)21-36)34(42)37-47(44,45)38(2)3/h11-15,17,22,24-25,30H,5-10,16,18-21H2,1-4H3,(H,37,42). The van der Waals surface area contributed by atoms with Crippen molar-refractivity contribution in [3.63, 3.8) is 0 Å². The van der Waals surface area contributed by atoms with E-state index in [1.165, 1.54) is 44.5 Å². The number of fused-ring (bicyclic) bond motifs is 9. The zero-order valence-corrected chi connectivity index (χ0v) is 28.6. The minimum Gasteiger partial charge on any atom is -0.497 e. The summed E-state index contributed by atoms with van der Waals surface area (Å²) in [6.45, 7) is 5.59. The number of piperidine rings is 1. The molecular weight excluding hydrogens is 614 g/mol. The molecule has 0 spiro atoms. The third-order valence-corrected chi connectivity index (χ3v) is 13.3. The largest absolute Gasteiger partial charge is 0.497 e. The average Bonchev–Trinajstić information content (AvgIpc) is 3.74. The number of hydrogen-bond acceptors (Lipinski definition) is 6. The molecule has 6 aliphatic rings. The van der Waals surface area contributed by atoms with E-state index in [9.17, 15) is 18.0 Å². The number of likely N-dealkylation sites (N-methyl/N-ethyl adjacent to an activating group) is 1. The number of methoxy groups -OCH3 is 1. The summed E-state index contributed by atoms with van der Waals surface area (Å²) in [7, 11) is 0.515. The second-order valence-corrected chi connectivity index (χ2v) is 16.5. The number of rotatable bonds is 7. The third kappa shape index (κ3) is 4.75. The first-order chi connectivity index (χ1) is 22.6. The maximum absolute atomic E-state index is 14.8. The predicted molar refractivity (Wildman–Crippen MR) is 181 cm³/mol. The highest BCUT2D eigenvalue weighted by Gasteiger charge is 2.66. The molecule has 4 atom stereocenters. The van der Waals surface area contributed by atoms with Crippen LogP contribution in [-0.2, 0) is 21.5 Å². The maximum atomic E-state index is 14.8. The van der Waals surface area contributed by atoms with Crippen molar-refractivity contribution in [3.8, 4) is 17.0 Å². The first-order valence-corrected chi connectivity index (χ1v) is 18.6. The van der Waals surface area contributed by atoms with Crippen LogP contribution in [0.2, 0.25) is 0 Å². The van der Waals surface area contributed by atoms with Crippen LogP contribution in [0.3, 0.4) is 0 Å². The van der Waals surface area contributed by atoms with Crippen LogP contribution >= 0.6 is 0 Å². The molecule has 3 aromatic rings. The quantitative estimate of drug-likeness (QED) is 0.395. The van der Waals surface area contributed by atoms with Crippen molar-refractivity contribution in [1.82, 2.24) is 23.4 Å². The van der Waals surface area contributed by atoms with Gasteiger partial charge in [0.15, 0.2) is 0 Å². The monoisotopic (exact) mass is 659 g/mol. The van der Waals surface area contributed by atoms with E-state index in [2.05, 4.69) is 38.1 Å². The Bertz CT molecular complexity index is 1880. The second-order valence-electron chi connectivity index (χ2n) is 14.6. The smallest absolute Gasteiger partial charge is 0.303 e. The number of hydrogen-bond donors (Lipinski definition) is 1. The van der Waals surface area contributed by atoms with Crippen LogP contribution in [0.5, 0.6) is 5.75 Å². The van der Waals surface area contributed by atoms with Gasteiger partial charge in [-0.15, -0.1) is 0 Å². The van der Waals surface area contributed by atoms with E-state index in [1.54, 1.807) is 13.2 Å². The van der Waals surface area contributed by atoms with Gasteiger partial charge in [0.05, 0.1) is 18.2 Å². The SMILES string of the molecule is CCN1CC2CC(C1)N2C(=O)C12CC1c1cc(OC)ccc1-c1c(C3CCCCC3)c3ccc(C(=O)NS(=O)(=O)N(C)C)cc3n1C2. The van der Waals surface area contributed by atoms with Crippen molar-refractivity contribution in [1.29, 1.82) is 0 Å². The van der Waals surface area contributed by atoms with Gasteiger partial charge in [-0.05, 0) is 79.6 Å². The Morgan fingerprint density at radius 2 is 1.79 bits per heavy atom. The summed E-state index contributed by atoms with van der Waals surface area (Å²) in [4.78, 5) is 32.9. The molecule has 9 rings (SSSR count). The summed E-state index contributed by atoms with van der Waals surface area (Å²) in [6.07, 6.45) is 7.62. The normalized spacial score (nSPS) is 27.0. The van der Waals surface area contributed by atoms with Gasteiger partial charge in [0, 0.05) is 73.8 Å². The lowest BCUT2D eigenvalue weighted by molar-refractivity contribution is -0.160. The van der Waals surface area contributed by atoms with E-state index >= 15 is 0 Å². The Hall–Kier alpha value is -3.41. The predicted octanol–water partition coefficient (Wildman–Crippen LogP) is 4.69. The van der Waals surface area contributed by atoms with Gasteiger partial charge < -0.3 is 14.2 Å². The topological polar surface area (TPSA) is 104 Å². The highest BCUT2D eigenvalue weighted by atomic mass is 32.2. The van der Waals surface area contributed by atoms with Crippen LogP contribution in [0.15, 0.2) is 36.4 Å². The van der Waals surface area contributed by atoms with Crippen LogP contribution in [0.1, 0.15) is 85.2 Å². The minimum absolute atomic E-state index is 0.0783. The fraction of sp³-hybridized carbons (Fsp3) is 0.556. The Labute approximate surface area is 277 Å². The van der Waals surface area contributed by atoms with Crippen LogP contribution in [0, 0.1) is 5.41 Å². The van der Waals surface area contributed by atoms with E-state index in [-0.39, 0.29) is 29.5 Å². The number of ether oxygens (including phenoxy) is 1. The summed E-state index contributed by atoms with van der Waals surface area (Å²) in [5.74, 6) is 0.823. The fourth-order valence-electron chi connectivity index (χ4n) is 9.23.